The molecule has 1 heterocycles. The number of halogens is 3. The Morgan fingerprint density at radius 2 is 2.00 bits per heavy atom. The van der Waals surface area contributed by atoms with Crippen LogP contribution in [0.3, 0.4) is 0 Å². The van der Waals surface area contributed by atoms with Gasteiger partial charge in [-0.05, 0) is 23.8 Å². The van der Waals surface area contributed by atoms with Gasteiger partial charge < -0.3 is 10.1 Å². The van der Waals surface area contributed by atoms with Gasteiger partial charge in [-0.15, -0.1) is 0 Å². The molecule has 9 heteroatoms. The Morgan fingerprint density at radius 3 is 2.68 bits per heavy atom. The first-order valence-corrected chi connectivity index (χ1v) is 8.32. The first-order chi connectivity index (χ1) is 13.4. The molecule has 0 bridgehead atoms. The van der Waals surface area contributed by atoms with E-state index in [0.29, 0.717) is 11.3 Å². The number of hydrogen-bond acceptors (Lipinski definition) is 4. The molecule has 0 aliphatic heterocycles. The summed E-state index contributed by atoms with van der Waals surface area (Å²) >= 11 is 0. The minimum absolute atomic E-state index is 0.00634. The first-order valence-electron chi connectivity index (χ1n) is 8.32. The van der Waals surface area contributed by atoms with Gasteiger partial charge in [0.2, 0.25) is 5.91 Å². The summed E-state index contributed by atoms with van der Waals surface area (Å²) in [6.07, 6.45) is -3.28. The lowest BCUT2D eigenvalue weighted by atomic mass is 10.0. The van der Waals surface area contributed by atoms with Crippen molar-refractivity contribution >= 4 is 5.91 Å². The summed E-state index contributed by atoms with van der Waals surface area (Å²) in [6, 6.07) is 10.8. The molecule has 0 fully saturated rings. The smallest absolute Gasteiger partial charge is 0.416 e. The second-order valence-electron chi connectivity index (χ2n) is 5.98. The van der Waals surface area contributed by atoms with Crippen molar-refractivity contribution in [2.24, 2.45) is 0 Å². The minimum atomic E-state index is -4.50. The molecule has 1 amide bonds. The van der Waals surface area contributed by atoms with E-state index in [1.54, 1.807) is 24.3 Å². The standard InChI is InChI=1S/C19H17F3N4O2/c1-28-15-8-3-2-5-12(15)10-16(27)25-17(18-23-11-24-26-18)13-6-4-7-14(9-13)19(20,21)22/h2-9,11,17H,10H2,1H3,(H,25,27)(H,23,24,26)/t17-/m1/s1. The first kappa shape index (κ1) is 19.4. The highest BCUT2D eigenvalue weighted by molar-refractivity contribution is 5.80. The highest BCUT2D eigenvalue weighted by atomic mass is 19.4. The van der Waals surface area contributed by atoms with Gasteiger partial charge in [0.25, 0.3) is 0 Å². The van der Waals surface area contributed by atoms with Crippen LogP contribution in [0.4, 0.5) is 13.2 Å². The number of nitrogens with zero attached hydrogens (tertiary/aromatic N) is 2. The van der Waals surface area contributed by atoms with Gasteiger partial charge in [-0.3, -0.25) is 9.89 Å². The van der Waals surface area contributed by atoms with Gasteiger partial charge in [0, 0.05) is 5.56 Å². The number of benzene rings is 2. The number of H-pyrrole nitrogens is 1. The summed E-state index contributed by atoms with van der Waals surface area (Å²) < 4.78 is 44.4. The number of nitrogens with one attached hydrogen (secondary N) is 2. The van der Waals surface area contributed by atoms with Crippen LogP contribution in [0.5, 0.6) is 5.75 Å². The van der Waals surface area contributed by atoms with E-state index in [1.165, 1.54) is 25.6 Å². The van der Waals surface area contributed by atoms with Gasteiger partial charge in [0.15, 0.2) is 5.82 Å². The maximum Gasteiger partial charge on any atom is 0.416 e. The van der Waals surface area contributed by atoms with E-state index in [4.69, 9.17) is 4.74 Å². The summed E-state index contributed by atoms with van der Waals surface area (Å²) in [4.78, 5) is 16.6. The molecule has 0 aliphatic rings. The van der Waals surface area contributed by atoms with E-state index >= 15 is 0 Å². The monoisotopic (exact) mass is 390 g/mol. The summed E-state index contributed by atoms with van der Waals surface area (Å²) in [5, 5.41) is 9.05. The molecule has 1 aromatic heterocycles. The summed E-state index contributed by atoms with van der Waals surface area (Å²) in [6.45, 7) is 0. The minimum Gasteiger partial charge on any atom is -0.496 e. The fraction of sp³-hybridized carbons (Fsp3) is 0.211. The summed E-state index contributed by atoms with van der Waals surface area (Å²) in [7, 11) is 1.50. The lowest BCUT2D eigenvalue weighted by Crippen LogP contribution is -2.31. The maximum absolute atomic E-state index is 13.1. The number of rotatable bonds is 6. The van der Waals surface area contributed by atoms with Crippen LogP contribution in [0.15, 0.2) is 54.9 Å². The normalized spacial score (nSPS) is 12.4. The van der Waals surface area contributed by atoms with E-state index in [2.05, 4.69) is 20.5 Å². The van der Waals surface area contributed by atoms with Crippen LogP contribution in [-0.2, 0) is 17.4 Å². The molecule has 0 saturated carbocycles. The number of hydrogen-bond donors (Lipinski definition) is 2. The molecule has 0 aliphatic carbocycles. The number of alkyl halides is 3. The van der Waals surface area contributed by atoms with E-state index in [9.17, 15) is 18.0 Å². The highest BCUT2D eigenvalue weighted by Gasteiger charge is 2.31. The van der Waals surface area contributed by atoms with Crippen LogP contribution >= 0.6 is 0 Å². The molecular formula is C19H17F3N4O2. The molecule has 146 valence electrons. The SMILES string of the molecule is COc1ccccc1CC(=O)N[C@H](c1cccc(C(F)(F)F)c1)c1ncn[nH]1. The van der Waals surface area contributed by atoms with Crippen LogP contribution in [0.1, 0.15) is 28.6 Å². The Labute approximate surface area is 158 Å². The van der Waals surface area contributed by atoms with Crippen molar-refractivity contribution < 1.29 is 22.7 Å². The third-order valence-electron chi connectivity index (χ3n) is 4.10. The van der Waals surface area contributed by atoms with E-state index in [-0.39, 0.29) is 17.8 Å². The number of para-hydroxylation sites is 1. The summed E-state index contributed by atoms with van der Waals surface area (Å²) in [5.74, 6) is 0.379. The van der Waals surface area contributed by atoms with Gasteiger partial charge in [-0.1, -0.05) is 30.3 Å². The van der Waals surface area contributed by atoms with Gasteiger partial charge in [0.1, 0.15) is 18.1 Å². The van der Waals surface area contributed by atoms with Crippen molar-refractivity contribution in [1.29, 1.82) is 0 Å². The third-order valence-corrected chi connectivity index (χ3v) is 4.10. The second-order valence-corrected chi connectivity index (χ2v) is 5.98. The Kier molecular flexibility index (Phi) is 5.62. The molecule has 0 spiro atoms. The summed E-state index contributed by atoms with van der Waals surface area (Å²) in [5.41, 5.74) is 0.0799. The van der Waals surface area contributed by atoms with Gasteiger partial charge in [-0.2, -0.15) is 18.3 Å². The molecule has 0 radical (unpaired) electrons. The van der Waals surface area contributed by atoms with Crippen molar-refractivity contribution in [3.05, 3.63) is 77.4 Å². The molecule has 2 aromatic carbocycles. The molecule has 3 aromatic rings. The van der Waals surface area contributed by atoms with Crippen LogP contribution in [0.25, 0.3) is 0 Å². The van der Waals surface area contributed by atoms with Crippen LogP contribution in [-0.4, -0.2) is 28.2 Å². The maximum atomic E-state index is 13.1. The lowest BCUT2D eigenvalue weighted by molar-refractivity contribution is -0.137. The molecule has 2 N–H and O–H groups in total. The number of carbonyl (C=O) groups excluding carboxylic acids is 1. The van der Waals surface area contributed by atoms with Crippen molar-refractivity contribution in [2.75, 3.05) is 7.11 Å². The largest absolute Gasteiger partial charge is 0.496 e. The zero-order valence-electron chi connectivity index (χ0n) is 14.8. The topological polar surface area (TPSA) is 79.9 Å². The molecule has 28 heavy (non-hydrogen) atoms. The zero-order valence-corrected chi connectivity index (χ0v) is 14.8. The fourth-order valence-corrected chi connectivity index (χ4v) is 2.79. The Bertz CT molecular complexity index is 942. The lowest BCUT2D eigenvalue weighted by Gasteiger charge is -2.19. The number of aromatic nitrogens is 3. The van der Waals surface area contributed by atoms with Crippen LogP contribution in [0, 0.1) is 0 Å². The third kappa shape index (κ3) is 4.48. The number of ether oxygens (including phenoxy) is 1. The molecular weight excluding hydrogens is 373 g/mol. The quantitative estimate of drug-likeness (QED) is 0.677. The van der Waals surface area contributed by atoms with Crippen LogP contribution < -0.4 is 10.1 Å². The van der Waals surface area contributed by atoms with Crippen LogP contribution in [0.2, 0.25) is 0 Å². The Hall–Kier alpha value is -3.36. The predicted octanol–water partition coefficient (Wildman–Crippen LogP) is 3.28. The number of carbonyl (C=O) groups is 1. The van der Waals surface area contributed by atoms with Gasteiger partial charge in [0.05, 0.1) is 19.1 Å². The number of methoxy groups -OCH3 is 1. The second kappa shape index (κ2) is 8.12. The molecule has 0 unspecified atom stereocenters. The predicted molar refractivity (Wildman–Crippen MR) is 94.5 cm³/mol. The van der Waals surface area contributed by atoms with Crippen molar-refractivity contribution in [1.82, 2.24) is 20.5 Å². The fourth-order valence-electron chi connectivity index (χ4n) is 2.79. The van der Waals surface area contributed by atoms with Crippen molar-refractivity contribution in [3.63, 3.8) is 0 Å². The van der Waals surface area contributed by atoms with E-state index in [0.717, 1.165) is 12.1 Å². The molecule has 0 saturated heterocycles. The molecule has 6 nitrogen and oxygen atoms in total. The molecule has 1 atom stereocenters. The average molecular weight is 390 g/mol. The van der Waals surface area contributed by atoms with E-state index in [1.807, 2.05) is 0 Å². The highest BCUT2D eigenvalue weighted by Crippen LogP contribution is 2.31. The van der Waals surface area contributed by atoms with Crippen molar-refractivity contribution in [2.45, 2.75) is 18.6 Å². The Morgan fingerprint density at radius 1 is 1.21 bits per heavy atom. The zero-order chi connectivity index (χ0) is 20.1. The number of amides is 1. The Balaban J connectivity index is 1.87. The average Bonchev–Trinajstić information content (AvgIpc) is 3.20. The molecule has 3 rings (SSSR count). The number of aromatic amines is 1. The van der Waals surface area contributed by atoms with Crippen molar-refractivity contribution in [3.8, 4) is 5.75 Å². The van der Waals surface area contributed by atoms with Gasteiger partial charge in [-0.25, -0.2) is 4.98 Å². The van der Waals surface area contributed by atoms with Gasteiger partial charge >= 0.3 is 6.18 Å². The van der Waals surface area contributed by atoms with E-state index < -0.39 is 23.7 Å².